The number of rotatable bonds is 4. The molecule has 0 bridgehead atoms. The van der Waals surface area contributed by atoms with Gasteiger partial charge in [-0.05, 0) is 25.1 Å². The summed E-state index contributed by atoms with van der Waals surface area (Å²) in [5.41, 5.74) is 0.815. The zero-order valence-corrected chi connectivity index (χ0v) is 13.7. The van der Waals surface area contributed by atoms with E-state index in [1.807, 2.05) is 24.4 Å². The van der Waals surface area contributed by atoms with E-state index in [-0.39, 0.29) is 15.8 Å². The summed E-state index contributed by atoms with van der Waals surface area (Å²) >= 11 is 3.80. The minimum Gasteiger partial charge on any atom is -0.297 e. The molecule has 0 saturated carbocycles. The summed E-state index contributed by atoms with van der Waals surface area (Å²) < 4.78 is 0. The van der Waals surface area contributed by atoms with Gasteiger partial charge in [-0.2, -0.15) is 0 Å². The van der Waals surface area contributed by atoms with Crippen molar-refractivity contribution in [1.82, 2.24) is 4.98 Å². The molecule has 0 radical (unpaired) electrons. The lowest BCUT2D eigenvalue weighted by Crippen LogP contribution is -2.09. The molecular weight excluding hydrogens is 342 g/mol. The number of carbonyl (C=O) groups excluding carboxylic acids is 1. The fourth-order valence-corrected chi connectivity index (χ4v) is 4.05. The van der Waals surface area contributed by atoms with Crippen molar-refractivity contribution in [3.63, 3.8) is 0 Å². The summed E-state index contributed by atoms with van der Waals surface area (Å²) in [6.45, 7) is 2.02. The minimum absolute atomic E-state index is 0.0564. The average molecular weight is 351 g/mol. The lowest BCUT2D eigenvalue weighted by atomic mass is 10.4. The Bertz CT molecular complexity index is 849. The molecule has 3 rings (SSSR count). The Morgan fingerprint density at radius 2 is 2.09 bits per heavy atom. The van der Waals surface area contributed by atoms with Gasteiger partial charge in [-0.1, -0.05) is 11.3 Å². The summed E-state index contributed by atoms with van der Waals surface area (Å²) in [5.74, 6) is -0.388. The fourth-order valence-electron chi connectivity index (χ4n) is 1.72. The van der Waals surface area contributed by atoms with Gasteiger partial charge in [0.05, 0.1) is 20.4 Å². The Morgan fingerprint density at radius 3 is 2.73 bits per heavy atom. The molecule has 3 aromatic rings. The fraction of sp³-hybridized carbons (Fsp3) is 0.0769. The van der Waals surface area contributed by atoms with Crippen LogP contribution in [0.3, 0.4) is 0 Å². The molecular formula is C13H9N3O3S3. The molecule has 1 amide bonds. The first-order valence-corrected chi connectivity index (χ1v) is 8.62. The molecule has 0 aliphatic heterocycles. The van der Waals surface area contributed by atoms with Crippen LogP contribution in [0.2, 0.25) is 0 Å². The van der Waals surface area contributed by atoms with Crippen LogP contribution < -0.4 is 5.32 Å². The van der Waals surface area contributed by atoms with Crippen molar-refractivity contribution < 1.29 is 9.72 Å². The van der Waals surface area contributed by atoms with E-state index in [0.29, 0.717) is 5.13 Å². The molecule has 0 spiro atoms. The predicted molar refractivity (Wildman–Crippen MR) is 89.1 cm³/mol. The van der Waals surface area contributed by atoms with E-state index in [4.69, 9.17) is 0 Å². The van der Waals surface area contributed by atoms with Gasteiger partial charge in [0, 0.05) is 16.3 Å². The number of hydrogen-bond acceptors (Lipinski definition) is 7. The maximum absolute atomic E-state index is 12.0. The number of nitrogens with zero attached hydrogens (tertiary/aromatic N) is 2. The van der Waals surface area contributed by atoms with E-state index in [2.05, 4.69) is 10.3 Å². The van der Waals surface area contributed by atoms with Crippen molar-refractivity contribution in [2.24, 2.45) is 0 Å². The first kappa shape index (κ1) is 14.8. The van der Waals surface area contributed by atoms with E-state index < -0.39 is 4.92 Å². The van der Waals surface area contributed by atoms with Crippen molar-refractivity contribution in [2.45, 2.75) is 6.92 Å². The summed E-state index contributed by atoms with van der Waals surface area (Å²) in [6.07, 6.45) is 0. The molecule has 0 aromatic carbocycles. The van der Waals surface area contributed by atoms with Gasteiger partial charge in [0.2, 0.25) is 0 Å². The van der Waals surface area contributed by atoms with Crippen LogP contribution in [0.15, 0.2) is 29.6 Å². The molecule has 22 heavy (non-hydrogen) atoms. The van der Waals surface area contributed by atoms with Crippen LogP contribution in [0.1, 0.15) is 14.5 Å². The molecule has 0 fully saturated rings. The van der Waals surface area contributed by atoms with Gasteiger partial charge in [0.1, 0.15) is 0 Å². The third-order valence-electron chi connectivity index (χ3n) is 2.71. The van der Waals surface area contributed by atoms with Crippen LogP contribution in [0, 0.1) is 17.0 Å². The maximum atomic E-state index is 12.0. The number of thiophene rings is 2. The van der Waals surface area contributed by atoms with Crippen LogP contribution in [0.25, 0.3) is 10.6 Å². The van der Waals surface area contributed by atoms with Gasteiger partial charge in [0.15, 0.2) is 5.13 Å². The molecule has 112 valence electrons. The van der Waals surface area contributed by atoms with Crippen LogP contribution in [-0.4, -0.2) is 15.8 Å². The molecule has 1 N–H and O–H groups in total. The normalized spacial score (nSPS) is 10.6. The van der Waals surface area contributed by atoms with Crippen LogP contribution in [-0.2, 0) is 0 Å². The number of aromatic nitrogens is 1. The van der Waals surface area contributed by atoms with E-state index in [0.717, 1.165) is 21.9 Å². The molecule has 3 heterocycles. The van der Waals surface area contributed by atoms with Crippen molar-refractivity contribution in [1.29, 1.82) is 0 Å². The van der Waals surface area contributed by atoms with Gasteiger partial charge >= 0.3 is 5.00 Å². The number of thiazole rings is 1. The number of carbonyl (C=O) groups is 1. The van der Waals surface area contributed by atoms with E-state index in [1.54, 1.807) is 11.3 Å². The van der Waals surface area contributed by atoms with Gasteiger partial charge in [-0.15, -0.1) is 22.7 Å². The van der Waals surface area contributed by atoms with Crippen molar-refractivity contribution in [3.05, 3.63) is 49.5 Å². The highest BCUT2D eigenvalue weighted by Gasteiger charge is 2.16. The second kappa shape index (κ2) is 5.95. The third kappa shape index (κ3) is 3.06. The molecule has 3 aromatic heterocycles. The highest BCUT2D eigenvalue weighted by atomic mass is 32.1. The maximum Gasteiger partial charge on any atom is 0.324 e. The molecule has 0 atom stereocenters. The topological polar surface area (TPSA) is 85.1 Å². The summed E-state index contributed by atoms with van der Waals surface area (Å²) in [4.78, 5) is 29.1. The highest BCUT2D eigenvalue weighted by Crippen LogP contribution is 2.31. The first-order chi connectivity index (χ1) is 10.5. The second-order valence-electron chi connectivity index (χ2n) is 4.30. The Balaban J connectivity index is 1.74. The predicted octanol–water partition coefficient (Wildman–Crippen LogP) is 4.40. The van der Waals surface area contributed by atoms with Gasteiger partial charge < -0.3 is 0 Å². The zero-order chi connectivity index (χ0) is 15.7. The van der Waals surface area contributed by atoms with Gasteiger partial charge in [-0.25, -0.2) is 4.98 Å². The number of hydrogen-bond donors (Lipinski definition) is 1. The number of amides is 1. The first-order valence-electron chi connectivity index (χ1n) is 6.11. The smallest absolute Gasteiger partial charge is 0.297 e. The Labute approximate surface area is 137 Å². The quantitative estimate of drug-likeness (QED) is 0.557. The number of anilines is 1. The monoisotopic (exact) mass is 351 g/mol. The summed E-state index contributed by atoms with van der Waals surface area (Å²) in [5, 5.41) is 15.6. The lowest BCUT2D eigenvalue weighted by molar-refractivity contribution is -0.380. The molecule has 0 aliphatic carbocycles. The third-order valence-corrected chi connectivity index (χ3v) is 5.53. The number of aryl methyl sites for hydroxylation is 1. The van der Waals surface area contributed by atoms with E-state index in [1.165, 1.54) is 28.3 Å². The standard InChI is InChI=1S/C13H9N3O3S3/c1-7-2-3-9(21-7)8-6-20-13(14-8)15-12(17)10-4-5-11(22-10)16(18)19/h2-6H,1H3,(H,14,15,17). The summed E-state index contributed by atoms with van der Waals surface area (Å²) in [7, 11) is 0. The zero-order valence-electron chi connectivity index (χ0n) is 11.2. The van der Waals surface area contributed by atoms with Crippen molar-refractivity contribution in [3.8, 4) is 10.6 Å². The summed E-state index contributed by atoms with van der Waals surface area (Å²) in [6, 6.07) is 6.77. The van der Waals surface area contributed by atoms with Crippen molar-refractivity contribution in [2.75, 3.05) is 5.32 Å². The van der Waals surface area contributed by atoms with Crippen LogP contribution in [0.4, 0.5) is 10.1 Å². The van der Waals surface area contributed by atoms with Crippen LogP contribution >= 0.6 is 34.0 Å². The highest BCUT2D eigenvalue weighted by molar-refractivity contribution is 7.18. The molecule has 0 saturated heterocycles. The molecule has 0 aliphatic rings. The SMILES string of the molecule is Cc1ccc(-c2csc(NC(=O)c3ccc([N+](=O)[O-])s3)n2)s1. The number of nitrogens with one attached hydrogen (secondary N) is 1. The van der Waals surface area contributed by atoms with Crippen molar-refractivity contribution >= 4 is 50.1 Å². The average Bonchev–Trinajstić information content (AvgIpc) is 3.17. The van der Waals surface area contributed by atoms with Gasteiger partial charge in [0.25, 0.3) is 5.91 Å². The molecule has 0 unspecified atom stereocenters. The second-order valence-corrected chi connectivity index (χ2v) is 7.51. The Hall–Kier alpha value is -2.10. The van der Waals surface area contributed by atoms with E-state index in [9.17, 15) is 14.9 Å². The Kier molecular flexibility index (Phi) is 4.01. The lowest BCUT2D eigenvalue weighted by Gasteiger charge is -1.97. The molecule has 6 nitrogen and oxygen atoms in total. The minimum atomic E-state index is -0.512. The molecule has 9 heteroatoms. The Morgan fingerprint density at radius 1 is 1.27 bits per heavy atom. The largest absolute Gasteiger partial charge is 0.324 e. The number of nitro groups is 1. The van der Waals surface area contributed by atoms with Crippen LogP contribution in [0.5, 0.6) is 0 Å². The van der Waals surface area contributed by atoms with Gasteiger partial charge in [-0.3, -0.25) is 20.2 Å². The van der Waals surface area contributed by atoms with E-state index >= 15 is 0 Å².